The highest BCUT2D eigenvalue weighted by Crippen LogP contribution is 2.29. The largest absolute Gasteiger partial charge is 0.466 e. The standard InChI is InChI=1S/C5H5F5.H3O4P/c1-2-3(6)5(9,10)4(7)8;1-5(2,3)4/h2-4H,1H2;(H3,1,2,3,4). The van der Waals surface area contributed by atoms with Gasteiger partial charge in [-0.2, -0.15) is 8.78 Å². The zero-order valence-electron chi connectivity index (χ0n) is 7.03. The third-order valence-electron chi connectivity index (χ3n) is 0.866. The van der Waals surface area contributed by atoms with E-state index in [9.17, 15) is 22.0 Å². The molecule has 1 atom stereocenters. The van der Waals surface area contributed by atoms with E-state index in [0.29, 0.717) is 0 Å². The maximum absolute atomic E-state index is 11.8. The number of allylic oxidation sites excluding steroid dienone is 1. The third-order valence-corrected chi connectivity index (χ3v) is 0.866. The molecule has 1 unspecified atom stereocenters. The molecule has 10 heteroatoms. The Labute approximate surface area is 81.3 Å². The Morgan fingerprint density at radius 2 is 1.47 bits per heavy atom. The SMILES string of the molecule is C=CC(F)C(F)(F)C(F)F.O=P(O)(O)O. The first kappa shape index (κ1) is 16.9. The average Bonchev–Trinajstić information content (AvgIpc) is 1.99. The minimum absolute atomic E-state index is 0.145. The van der Waals surface area contributed by atoms with E-state index >= 15 is 0 Å². The van der Waals surface area contributed by atoms with Gasteiger partial charge in [0.2, 0.25) is 0 Å². The lowest BCUT2D eigenvalue weighted by Gasteiger charge is -2.15. The highest BCUT2D eigenvalue weighted by molar-refractivity contribution is 7.45. The molecule has 3 N–H and O–H groups in total. The van der Waals surface area contributed by atoms with Crippen molar-refractivity contribution in [3.63, 3.8) is 0 Å². The minimum Gasteiger partial charge on any atom is -0.303 e. The Bertz CT molecular complexity index is 231. The van der Waals surface area contributed by atoms with Gasteiger partial charge in [0, 0.05) is 0 Å². The van der Waals surface area contributed by atoms with Crippen molar-refractivity contribution in [2.75, 3.05) is 0 Å². The minimum atomic E-state index is -4.64. The molecule has 0 radical (unpaired) electrons. The normalized spacial score (nSPS) is 14.2. The summed E-state index contributed by atoms with van der Waals surface area (Å²) in [5.41, 5.74) is 0. The fourth-order valence-corrected chi connectivity index (χ4v) is 0.277. The molecule has 15 heavy (non-hydrogen) atoms. The molecule has 0 aromatic rings. The summed E-state index contributed by atoms with van der Waals surface area (Å²) in [6.45, 7) is 2.62. The Hall–Kier alpha value is -0.500. The summed E-state index contributed by atoms with van der Waals surface area (Å²) < 4.78 is 66.6. The molecule has 0 saturated heterocycles. The Kier molecular flexibility index (Phi) is 6.95. The molecule has 0 saturated carbocycles. The van der Waals surface area contributed by atoms with E-state index in [1.54, 1.807) is 0 Å². The van der Waals surface area contributed by atoms with Crippen molar-refractivity contribution in [2.45, 2.75) is 18.5 Å². The Morgan fingerprint density at radius 1 is 1.20 bits per heavy atom. The van der Waals surface area contributed by atoms with Crippen LogP contribution in [-0.4, -0.2) is 33.2 Å². The van der Waals surface area contributed by atoms with Crippen LogP contribution in [0.15, 0.2) is 12.7 Å². The summed E-state index contributed by atoms with van der Waals surface area (Å²) in [7, 11) is -4.64. The summed E-state index contributed by atoms with van der Waals surface area (Å²) in [6.07, 6.45) is -6.82. The number of phosphoric acid groups is 1. The molecule has 0 amide bonds. The summed E-state index contributed by atoms with van der Waals surface area (Å²) >= 11 is 0. The maximum atomic E-state index is 11.8. The van der Waals surface area contributed by atoms with Crippen molar-refractivity contribution >= 4 is 7.82 Å². The van der Waals surface area contributed by atoms with Crippen molar-refractivity contribution in [1.29, 1.82) is 0 Å². The van der Waals surface area contributed by atoms with Gasteiger partial charge in [-0.25, -0.2) is 17.7 Å². The summed E-state index contributed by atoms with van der Waals surface area (Å²) in [4.78, 5) is 21.6. The number of hydrogen-bond acceptors (Lipinski definition) is 1. The fraction of sp³-hybridized carbons (Fsp3) is 0.600. The topological polar surface area (TPSA) is 77.8 Å². The zero-order valence-corrected chi connectivity index (χ0v) is 7.92. The van der Waals surface area contributed by atoms with E-state index in [1.165, 1.54) is 0 Å². The van der Waals surface area contributed by atoms with Gasteiger partial charge in [-0.15, -0.1) is 0 Å². The predicted octanol–water partition coefficient (Wildman–Crippen LogP) is 1.48. The zero-order chi connectivity index (χ0) is 12.9. The quantitative estimate of drug-likeness (QED) is 0.407. The van der Waals surface area contributed by atoms with Gasteiger partial charge in [0.25, 0.3) is 0 Å². The van der Waals surface area contributed by atoms with Gasteiger partial charge < -0.3 is 14.7 Å². The van der Waals surface area contributed by atoms with Crippen LogP contribution in [0.25, 0.3) is 0 Å². The summed E-state index contributed by atoms with van der Waals surface area (Å²) in [6, 6.07) is 0. The lowest BCUT2D eigenvalue weighted by molar-refractivity contribution is -0.158. The van der Waals surface area contributed by atoms with Crippen molar-refractivity contribution in [3.8, 4) is 0 Å². The molecule has 0 aromatic carbocycles. The lowest BCUT2D eigenvalue weighted by atomic mass is 10.2. The van der Waals surface area contributed by atoms with E-state index in [1.807, 2.05) is 0 Å². The Morgan fingerprint density at radius 3 is 1.53 bits per heavy atom. The molecule has 0 bridgehead atoms. The monoisotopic (exact) mass is 258 g/mol. The average molecular weight is 258 g/mol. The summed E-state index contributed by atoms with van der Waals surface area (Å²) in [5.74, 6) is -4.61. The summed E-state index contributed by atoms with van der Waals surface area (Å²) in [5, 5.41) is 0. The van der Waals surface area contributed by atoms with Gasteiger partial charge in [0.05, 0.1) is 0 Å². The number of rotatable bonds is 3. The van der Waals surface area contributed by atoms with Crippen LogP contribution < -0.4 is 0 Å². The second-order valence-corrected chi connectivity index (χ2v) is 3.15. The van der Waals surface area contributed by atoms with Crippen molar-refractivity contribution in [3.05, 3.63) is 12.7 Å². The molecular formula is C5H8F5O4P. The first-order chi connectivity index (χ1) is 6.42. The highest BCUT2D eigenvalue weighted by Gasteiger charge is 2.47. The van der Waals surface area contributed by atoms with Crippen molar-refractivity contribution in [1.82, 2.24) is 0 Å². The molecule has 0 rings (SSSR count). The lowest BCUT2D eigenvalue weighted by Crippen LogP contribution is -2.36. The number of hydrogen-bond donors (Lipinski definition) is 3. The van der Waals surface area contributed by atoms with Gasteiger partial charge >= 0.3 is 20.2 Å². The molecule has 0 aliphatic rings. The van der Waals surface area contributed by atoms with Crippen LogP contribution in [0, 0.1) is 0 Å². The number of halogens is 5. The van der Waals surface area contributed by atoms with Crippen LogP contribution in [0.4, 0.5) is 22.0 Å². The second kappa shape index (κ2) is 6.16. The molecule has 0 heterocycles. The Balaban J connectivity index is 0. The molecule has 0 aromatic heterocycles. The van der Waals surface area contributed by atoms with E-state index < -0.39 is 26.3 Å². The van der Waals surface area contributed by atoms with E-state index in [0.717, 1.165) is 0 Å². The first-order valence-electron chi connectivity index (χ1n) is 3.13. The molecular weight excluding hydrogens is 250 g/mol. The molecule has 0 spiro atoms. The van der Waals surface area contributed by atoms with E-state index in [4.69, 9.17) is 19.2 Å². The second-order valence-electron chi connectivity index (χ2n) is 2.13. The van der Waals surface area contributed by atoms with E-state index in [2.05, 4.69) is 6.58 Å². The van der Waals surface area contributed by atoms with Crippen molar-refractivity contribution in [2.24, 2.45) is 0 Å². The van der Waals surface area contributed by atoms with Gasteiger partial charge in [0.1, 0.15) is 0 Å². The van der Waals surface area contributed by atoms with Gasteiger partial charge in [-0.05, 0) is 0 Å². The van der Waals surface area contributed by atoms with E-state index in [-0.39, 0.29) is 6.08 Å². The maximum Gasteiger partial charge on any atom is 0.466 e. The first-order valence-corrected chi connectivity index (χ1v) is 4.70. The number of alkyl halides is 5. The van der Waals surface area contributed by atoms with Crippen LogP contribution in [0.5, 0.6) is 0 Å². The van der Waals surface area contributed by atoms with Crippen LogP contribution in [0.2, 0.25) is 0 Å². The molecule has 0 aliphatic carbocycles. The van der Waals surface area contributed by atoms with Crippen LogP contribution in [0.3, 0.4) is 0 Å². The molecule has 0 fully saturated rings. The fourth-order valence-electron chi connectivity index (χ4n) is 0.277. The smallest absolute Gasteiger partial charge is 0.303 e. The molecule has 4 nitrogen and oxygen atoms in total. The third kappa shape index (κ3) is 9.80. The molecule has 0 aliphatic heterocycles. The van der Waals surface area contributed by atoms with Crippen molar-refractivity contribution < 1.29 is 41.2 Å². The van der Waals surface area contributed by atoms with Gasteiger partial charge in [0.15, 0.2) is 6.17 Å². The highest BCUT2D eigenvalue weighted by atomic mass is 31.2. The van der Waals surface area contributed by atoms with Gasteiger partial charge in [-0.3, -0.25) is 0 Å². The van der Waals surface area contributed by atoms with Crippen LogP contribution in [-0.2, 0) is 4.57 Å². The van der Waals surface area contributed by atoms with Crippen LogP contribution >= 0.6 is 7.82 Å². The molecule has 92 valence electrons. The van der Waals surface area contributed by atoms with Gasteiger partial charge in [-0.1, -0.05) is 12.7 Å². The van der Waals surface area contributed by atoms with Crippen LogP contribution in [0.1, 0.15) is 0 Å². The predicted molar refractivity (Wildman–Crippen MR) is 40.3 cm³/mol.